The maximum absolute atomic E-state index is 9.74. The van der Waals surface area contributed by atoms with E-state index in [0.717, 1.165) is 11.1 Å². The molecular weight excluding hydrogens is 248 g/mol. The van der Waals surface area contributed by atoms with Crippen LogP contribution < -0.4 is 5.32 Å². The molecule has 2 N–H and O–H groups in total. The van der Waals surface area contributed by atoms with Crippen LogP contribution in [0.4, 0.5) is 0 Å². The third-order valence-corrected chi connectivity index (χ3v) is 3.22. The summed E-state index contributed by atoms with van der Waals surface area (Å²) in [7, 11) is 0. The molecule has 1 heterocycles. The van der Waals surface area contributed by atoms with Gasteiger partial charge in [-0.25, -0.2) is 0 Å². The summed E-state index contributed by atoms with van der Waals surface area (Å²) >= 11 is 6.05. The Morgan fingerprint density at radius 3 is 2.83 bits per heavy atom. The van der Waals surface area contributed by atoms with E-state index in [2.05, 4.69) is 10.3 Å². The third-order valence-electron chi connectivity index (χ3n) is 2.86. The van der Waals surface area contributed by atoms with E-state index in [9.17, 15) is 5.11 Å². The number of phenols is 1. The lowest BCUT2D eigenvalue weighted by atomic mass is 10.1. The molecule has 0 bridgehead atoms. The van der Waals surface area contributed by atoms with E-state index in [1.54, 1.807) is 24.4 Å². The van der Waals surface area contributed by atoms with E-state index in [1.165, 1.54) is 0 Å². The standard InChI is InChI=1S/C14H15ClN2O/c1-10(11-4-3-7-16-8-11)17-9-12-13(15)5-2-6-14(12)18/h2-8,10,17-18H,9H2,1H3/t10-/m1/s1. The monoisotopic (exact) mass is 262 g/mol. The van der Waals surface area contributed by atoms with Gasteiger partial charge in [-0.3, -0.25) is 4.98 Å². The van der Waals surface area contributed by atoms with Crippen LogP contribution in [-0.2, 0) is 6.54 Å². The van der Waals surface area contributed by atoms with Crippen molar-refractivity contribution in [1.82, 2.24) is 10.3 Å². The Hall–Kier alpha value is -1.58. The van der Waals surface area contributed by atoms with Crippen LogP contribution >= 0.6 is 11.6 Å². The zero-order chi connectivity index (χ0) is 13.0. The molecule has 0 unspecified atom stereocenters. The molecule has 0 radical (unpaired) electrons. The number of rotatable bonds is 4. The van der Waals surface area contributed by atoms with Gasteiger partial charge in [0.2, 0.25) is 0 Å². The van der Waals surface area contributed by atoms with Crippen molar-refractivity contribution in [3.8, 4) is 5.75 Å². The van der Waals surface area contributed by atoms with Crippen molar-refractivity contribution in [3.63, 3.8) is 0 Å². The number of nitrogens with zero attached hydrogens (tertiary/aromatic N) is 1. The molecular formula is C14H15ClN2O. The van der Waals surface area contributed by atoms with Crippen molar-refractivity contribution in [2.24, 2.45) is 0 Å². The highest BCUT2D eigenvalue weighted by Gasteiger charge is 2.09. The second-order valence-electron chi connectivity index (χ2n) is 4.13. The van der Waals surface area contributed by atoms with Gasteiger partial charge in [-0.15, -0.1) is 0 Å². The summed E-state index contributed by atoms with van der Waals surface area (Å²) in [6.45, 7) is 2.56. The first kappa shape index (κ1) is 12.9. The molecule has 0 saturated carbocycles. The number of aromatic nitrogens is 1. The minimum atomic E-state index is 0.148. The zero-order valence-corrected chi connectivity index (χ0v) is 10.9. The molecule has 0 aliphatic carbocycles. The predicted octanol–water partition coefficient (Wildman–Crippen LogP) is 3.29. The number of pyridine rings is 1. The van der Waals surface area contributed by atoms with E-state index >= 15 is 0 Å². The SMILES string of the molecule is C[C@@H](NCc1c(O)cccc1Cl)c1cccnc1. The number of halogens is 1. The van der Waals surface area contributed by atoms with Crippen LogP contribution in [0.25, 0.3) is 0 Å². The molecule has 3 nitrogen and oxygen atoms in total. The fraction of sp³-hybridized carbons (Fsp3) is 0.214. The zero-order valence-electron chi connectivity index (χ0n) is 10.1. The molecule has 2 aromatic rings. The van der Waals surface area contributed by atoms with Crippen LogP contribution in [0.5, 0.6) is 5.75 Å². The van der Waals surface area contributed by atoms with Gasteiger partial charge in [-0.2, -0.15) is 0 Å². The van der Waals surface area contributed by atoms with Gasteiger partial charge in [0.25, 0.3) is 0 Å². The second kappa shape index (κ2) is 5.85. The largest absolute Gasteiger partial charge is 0.508 e. The van der Waals surface area contributed by atoms with E-state index < -0.39 is 0 Å². The molecule has 94 valence electrons. The topological polar surface area (TPSA) is 45.1 Å². The first-order valence-electron chi connectivity index (χ1n) is 5.78. The van der Waals surface area contributed by atoms with Gasteiger partial charge in [-0.1, -0.05) is 23.7 Å². The molecule has 0 fully saturated rings. The van der Waals surface area contributed by atoms with Crippen molar-refractivity contribution in [2.45, 2.75) is 19.5 Å². The molecule has 1 aromatic heterocycles. The number of benzene rings is 1. The Morgan fingerprint density at radius 1 is 1.33 bits per heavy atom. The average Bonchev–Trinajstić information content (AvgIpc) is 2.39. The Balaban J connectivity index is 2.04. The normalized spacial score (nSPS) is 12.3. The fourth-order valence-corrected chi connectivity index (χ4v) is 1.96. The highest BCUT2D eigenvalue weighted by Crippen LogP contribution is 2.25. The maximum Gasteiger partial charge on any atom is 0.121 e. The van der Waals surface area contributed by atoms with E-state index in [0.29, 0.717) is 11.6 Å². The average molecular weight is 263 g/mol. The summed E-state index contributed by atoms with van der Waals surface area (Å²) in [5.41, 5.74) is 1.82. The lowest BCUT2D eigenvalue weighted by molar-refractivity contribution is 0.460. The molecule has 0 amide bonds. The summed E-state index contributed by atoms with van der Waals surface area (Å²) < 4.78 is 0. The quantitative estimate of drug-likeness (QED) is 0.889. The van der Waals surface area contributed by atoms with Crippen molar-refractivity contribution in [1.29, 1.82) is 0 Å². The van der Waals surface area contributed by atoms with Crippen LogP contribution in [0.3, 0.4) is 0 Å². The lowest BCUT2D eigenvalue weighted by Gasteiger charge is -2.15. The van der Waals surface area contributed by atoms with Crippen molar-refractivity contribution < 1.29 is 5.11 Å². The number of aromatic hydroxyl groups is 1. The molecule has 0 saturated heterocycles. The van der Waals surface area contributed by atoms with E-state index in [1.807, 2.05) is 25.3 Å². The summed E-state index contributed by atoms with van der Waals surface area (Å²) in [6.07, 6.45) is 3.57. The fourth-order valence-electron chi connectivity index (χ4n) is 1.73. The second-order valence-corrected chi connectivity index (χ2v) is 4.53. The maximum atomic E-state index is 9.74. The van der Waals surface area contributed by atoms with Gasteiger partial charge in [0.05, 0.1) is 0 Å². The van der Waals surface area contributed by atoms with Crippen LogP contribution in [0.2, 0.25) is 5.02 Å². The van der Waals surface area contributed by atoms with Gasteiger partial charge in [0.15, 0.2) is 0 Å². The summed E-state index contributed by atoms with van der Waals surface area (Å²) in [4.78, 5) is 4.08. The number of nitrogens with one attached hydrogen (secondary N) is 1. The molecule has 0 aliphatic heterocycles. The van der Waals surface area contributed by atoms with Gasteiger partial charge in [0.1, 0.15) is 5.75 Å². The highest BCUT2D eigenvalue weighted by atomic mass is 35.5. The molecule has 4 heteroatoms. The molecule has 18 heavy (non-hydrogen) atoms. The van der Waals surface area contributed by atoms with Crippen LogP contribution in [-0.4, -0.2) is 10.1 Å². The van der Waals surface area contributed by atoms with Crippen molar-refractivity contribution in [3.05, 3.63) is 58.9 Å². The van der Waals surface area contributed by atoms with Crippen molar-refractivity contribution in [2.75, 3.05) is 0 Å². The summed E-state index contributed by atoms with van der Waals surface area (Å²) in [5, 5.41) is 13.6. The first-order chi connectivity index (χ1) is 8.68. The molecule has 1 atom stereocenters. The highest BCUT2D eigenvalue weighted by molar-refractivity contribution is 6.31. The Bertz CT molecular complexity index is 496. The number of phenolic OH excluding ortho intramolecular Hbond substituents is 1. The van der Waals surface area contributed by atoms with Gasteiger partial charge >= 0.3 is 0 Å². The van der Waals surface area contributed by atoms with E-state index in [-0.39, 0.29) is 11.8 Å². The van der Waals surface area contributed by atoms with Gasteiger partial charge in [0, 0.05) is 35.6 Å². The molecule has 1 aromatic carbocycles. The van der Waals surface area contributed by atoms with E-state index in [4.69, 9.17) is 11.6 Å². The Kier molecular flexibility index (Phi) is 4.18. The summed E-state index contributed by atoms with van der Waals surface area (Å²) in [6, 6.07) is 9.20. The first-order valence-corrected chi connectivity index (χ1v) is 6.16. The van der Waals surface area contributed by atoms with Gasteiger partial charge in [-0.05, 0) is 30.7 Å². The van der Waals surface area contributed by atoms with Crippen molar-refractivity contribution >= 4 is 11.6 Å². The van der Waals surface area contributed by atoms with Crippen LogP contribution in [0, 0.1) is 0 Å². The molecule has 0 aliphatic rings. The van der Waals surface area contributed by atoms with Gasteiger partial charge < -0.3 is 10.4 Å². The van der Waals surface area contributed by atoms with Crippen LogP contribution in [0.15, 0.2) is 42.7 Å². The minimum absolute atomic E-state index is 0.148. The lowest BCUT2D eigenvalue weighted by Crippen LogP contribution is -2.18. The van der Waals surface area contributed by atoms with Crippen LogP contribution in [0.1, 0.15) is 24.1 Å². The number of hydrogen-bond acceptors (Lipinski definition) is 3. The number of hydrogen-bond donors (Lipinski definition) is 2. The third kappa shape index (κ3) is 3.00. The molecule has 0 spiro atoms. The summed E-state index contributed by atoms with van der Waals surface area (Å²) in [5.74, 6) is 0.216. The predicted molar refractivity (Wildman–Crippen MR) is 72.6 cm³/mol. The Morgan fingerprint density at radius 2 is 2.17 bits per heavy atom. The molecule has 2 rings (SSSR count). The minimum Gasteiger partial charge on any atom is -0.508 e. The smallest absolute Gasteiger partial charge is 0.121 e. The Labute approximate surface area is 111 Å².